The Morgan fingerprint density at radius 3 is 1.25 bits per heavy atom. The molecule has 2 aliphatic carbocycles. The summed E-state index contributed by atoms with van der Waals surface area (Å²) in [4.78, 5) is 0. The van der Waals surface area contributed by atoms with Crippen molar-refractivity contribution in [1.29, 1.82) is 0 Å². The predicted octanol–water partition coefficient (Wildman–Crippen LogP) is 13.4. The van der Waals surface area contributed by atoms with Crippen molar-refractivity contribution in [3.8, 4) is 22.3 Å². The molecule has 0 saturated heterocycles. The van der Waals surface area contributed by atoms with Gasteiger partial charge in [-0.15, -0.1) is 0 Å². The molecule has 2 aliphatic rings. The van der Waals surface area contributed by atoms with Gasteiger partial charge in [-0.05, 0) is 0 Å². The van der Waals surface area contributed by atoms with Crippen molar-refractivity contribution in [2.24, 2.45) is 0 Å². The molecule has 0 heterocycles. The standard InChI is InChI=1S/2C17H15.C15H14.2CH3.Hf/c2*1-2-13-7-3-4-10-15(13)17-12-6-9-14-8-5-11-16(14)17;1-3-8-14(9-4-1)12-7-13-15-10-5-2-6-11-15;;;/h2*3-12H,2H2,1H3;1-6,8-11H,12-13H2;2*1H3;. The summed E-state index contributed by atoms with van der Waals surface area (Å²) in [7, 11) is 0. The molecule has 6 aromatic rings. The van der Waals surface area contributed by atoms with Crippen molar-refractivity contribution in [1.82, 2.24) is 0 Å². The molecule has 0 aliphatic heterocycles. The minimum absolute atomic E-state index is 0.371. The first-order valence-corrected chi connectivity index (χ1v) is 32.4. The summed E-state index contributed by atoms with van der Waals surface area (Å²) in [5.41, 5.74) is 17.1. The molecule has 8 rings (SSSR count). The van der Waals surface area contributed by atoms with E-state index in [4.69, 9.17) is 0 Å². The van der Waals surface area contributed by atoms with Gasteiger partial charge in [0.15, 0.2) is 0 Å². The molecule has 0 radical (unpaired) electrons. The molecule has 0 N–H and O–H groups in total. The van der Waals surface area contributed by atoms with Gasteiger partial charge in [-0.25, -0.2) is 0 Å². The van der Waals surface area contributed by atoms with Crippen LogP contribution in [0.15, 0.2) is 158 Å². The Morgan fingerprint density at radius 2 is 0.827 bits per heavy atom. The number of allylic oxidation sites excluding steroid dienone is 2. The first-order chi connectivity index (χ1) is 25.4. The minimum atomic E-state index is -4.47. The van der Waals surface area contributed by atoms with E-state index < -0.39 is 18.0 Å². The fraction of sp³-hybridized carbons (Fsp3) is 0.196. The molecule has 0 bridgehead atoms. The number of aryl methyl sites for hydroxylation is 2. The van der Waals surface area contributed by atoms with Gasteiger partial charge in [0.2, 0.25) is 0 Å². The van der Waals surface area contributed by atoms with Gasteiger partial charge in [-0.3, -0.25) is 0 Å². The monoisotopic (exact) mass is 842 g/mol. The topological polar surface area (TPSA) is 0 Å². The Hall–Kier alpha value is -4.46. The molecule has 6 aromatic carbocycles. The molecule has 258 valence electrons. The van der Waals surface area contributed by atoms with Crippen LogP contribution in [-0.2, 0) is 43.7 Å². The van der Waals surface area contributed by atoms with Crippen molar-refractivity contribution < 1.29 is 18.0 Å². The van der Waals surface area contributed by atoms with E-state index in [-0.39, 0.29) is 0 Å². The second-order valence-corrected chi connectivity index (χ2v) is 41.6. The van der Waals surface area contributed by atoms with Gasteiger partial charge in [-0.1, -0.05) is 0 Å². The third kappa shape index (κ3) is 5.92. The van der Waals surface area contributed by atoms with E-state index in [1.54, 1.807) is 3.26 Å². The summed E-state index contributed by atoms with van der Waals surface area (Å²) in [5, 5.41) is 0. The first kappa shape index (κ1) is 34.6. The van der Waals surface area contributed by atoms with E-state index in [9.17, 15) is 0 Å². The Bertz CT molecular complexity index is 2220. The molecule has 0 spiro atoms. The van der Waals surface area contributed by atoms with E-state index in [2.05, 4.69) is 193 Å². The summed E-state index contributed by atoms with van der Waals surface area (Å²) in [5.74, 6) is 0. The second-order valence-electron chi connectivity index (χ2n) is 15.9. The number of benzene rings is 6. The van der Waals surface area contributed by atoms with Gasteiger partial charge < -0.3 is 0 Å². The molecule has 0 nitrogen and oxygen atoms in total. The van der Waals surface area contributed by atoms with E-state index in [0.29, 0.717) is 7.35 Å². The van der Waals surface area contributed by atoms with Gasteiger partial charge in [0.05, 0.1) is 0 Å². The number of rotatable bonds is 10. The molecule has 0 aromatic heterocycles. The SMILES string of the molecule is CCc1ccccc1-c1cccc2c1C=C[CH]2[Hf]([CH3])([CH3])(=[C](Cc1ccccc1)Cc1ccccc1)[CH]1C=Cc2c(-c3ccccc3CC)cccc21. The Labute approximate surface area is 312 Å². The van der Waals surface area contributed by atoms with Gasteiger partial charge in [0, 0.05) is 0 Å². The van der Waals surface area contributed by atoms with Crippen molar-refractivity contribution in [3.05, 3.63) is 202 Å². The van der Waals surface area contributed by atoms with Crippen LogP contribution in [0.2, 0.25) is 9.36 Å². The molecular formula is C51H50Hf. The van der Waals surface area contributed by atoms with Crippen LogP contribution in [0.5, 0.6) is 0 Å². The van der Waals surface area contributed by atoms with Crippen molar-refractivity contribution in [3.63, 3.8) is 0 Å². The van der Waals surface area contributed by atoms with Crippen LogP contribution >= 0.6 is 0 Å². The Morgan fingerprint density at radius 1 is 0.442 bits per heavy atom. The number of hydrogen-bond donors (Lipinski definition) is 0. The van der Waals surface area contributed by atoms with E-state index in [1.807, 2.05) is 0 Å². The third-order valence-corrected chi connectivity index (χ3v) is 39.4. The summed E-state index contributed by atoms with van der Waals surface area (Å²) >= 11 is -4.47. The fourth-order valence-corrected chi connectivity index (χ4v) is 33.5. The van der Waals surface area contributed by atoms with Crippen LogP contribution in [0.4, 0.5) is 0 Å². The second kappa shape index (κ2) is 14.2. The third-order valence-electron chi connectivity index (χ3n) is 12.8. The number of hydrogen-bond acceptors (Lipinski definition) is 0. The maximum absolute atomic E-state index is 4.47. The van der Waals surface area contributed by atoms with Crippen LogP contribution in [0, 0.1) is 0 Å². The molecular weight excluding hydrogens is 791 g/mol. The van der Waals surface area contributed by atoms with E-state index in [0.717, 1.165) is 25.7 Å². The number of fused-ring (bicyclic) bond motifs is 2. The first-order valence-electron chi connectivity index (χ1n) is 19.3. The van der Waals surface area contributed by atoms with Crippen molar-refractivity contribution in [2.75, 3.05) is 0 Å². The van der Waals surface area contributed by atoms with E-state index in [1.165, 1.54) is 66.8 Å². The summed E-state index contributed by atoms with van der Waals surface area (Å²) in [6, 6.07) is 54.9. The Balaban J connectivity index is 1.41. The normalized spacial score (nSPS) is 16.2. The zero-order valence-corrected chi connectivity index (χ0v) is 34.7. The van der Waals surface area contributed by atoms with Crippen molar-refractivity contribution >= 4 is 15.4 Å². The summed E-state index contributed by atoms with van der Waals surface area (Å²) in [6.45, 7) is 4.56. The molecule has 1 heteroatoms. The average Bonchev–Trinajstić information content (AvgIpc) is 3.85. The maximum atomic E-state index is 2.83. The molecule has 0 fully saturated rings. The van der Waals surface area contributed by atoms with Gasteiger partial charge in [0.1, 0.15) is 0 Å². The van der Waals surface area contributed by atoms with Crippen LogP contribution in [0.1, 0.15) is 65.7 Å². The average molecular weight is 841 g/mol. The van der Waals surface area contributed by atoms with E-state index >= 15 is 0 Å². The predicted molar refractivity (Wildman–Crippen MR) is 223 cm³/mol. The zero-order valence-electron chi connectivity index (χ0n) is 31.1. The molecule has 0 amide bonds. The quantitative estimate of drug-likeness (QED) is 0.121. The van der Waals surface area contributed by atoms with Crippen LogP contribution in [0.3, 0.4) is 0 Å². The zero-order chi connectivity index (χ0) is 35.7. The summed E-state index contributed by atoms with van der Waals surface area (Å²) < 4.78 is 8.17. The van der Waals surface area contributed by atoms with Crippen LogP contribution in [0.25, 0.3) is 34.4 Å². The van der Waals surface area contributed by atoms with Gasteiger partial charge >= 0.3 is 314 Å². The van der Waals surface area contributed by atoms with Crippen LogP contribution in [-0.4, -0.2) is 3.26 Å². The summed E-state index contributed by atoms with van der Waals surface area (Å²) in [6.07, 6.45) is 14.4. The molecule has 2 unspecified atom stereocenters. The fourth-order valence-electron chi connectivity index (χ4n) is 9.81. The molecule has 52 heavy (non-hydrogen) atoms. The molecule has 2 atom stereocenters. The van der Waals surface area contributed by atoms with Crippen molar-refractivity contribution in [2.45, 2.75) is 56.2 Å². The molecule has 0 saturated carbocycles. The van der Waals surface area contributed by atoms with Gasteiger partial charge in [-0.2, -0.15) is 0 Å². The van der Waals surface area contributed by atoms with Crippen LogP contribution < -0.4 is 0 Å². The van der Waals surface area contributed by atoms with Gasteiger partial charge in [0.25, 0.3) is 0 Å². The Kier molecular flexibility index (Phi) is 9.43.